The molecule has 0 bridgehead atoms. The number of rotatable bonds is 1. The van der Waals surface area contributed by atoms with Crippen molar-refractivity contribution in [1.29, 1.82) is 0 Å². The normalized spacial score (nSPS) is 19.4. The van der Waals surface area contributed by atoms with E-state index >= 15 is 0 Å². The molecule has 3 rings (SSSR count). The molecule has 3 heterocycles. The average molecular weight is 213 g/mol. The summed E-state index contributed by atoms with van der Waals surface area (Å²) in [6, 6.07) is 4.01. The third kappa shape index (κ3) is 1.62. The van der Waals surface area contributed by atoms with Crippen molar-refractivity contribution in [2.45, 2.75) is 26.3 Å². The zero-order valence-corrected chi connectivity index (χ0v) is 9.43. The van der Waals surface area contributed by atoms with Gasteiger partial charge in [0, 0.05) is 37.1 Å². The van der Waals surface area contributed by atoms with Gasteiger partial charge in [-0.3, -0.25) is 4.98 Å². The lowest BCUT2D eigenvalue weighted by Gasteiger charge is -2.19. The lowest BCUT2D eigenvalue weighted by atomic mass is 10.0. The molecule has 0 N–H and O–H groups in total. The van der Waals surface area contributed by atoms with Crippen molar-refractivity contribution in [2.75, 3.05) is 0 Å². The Morgan fingerprint density at radius 3 is 3.19 bits per heavy atom. The van der Waals surface area contributed by atoms with Gasteiger partial charge in [0.15, 0.2) is 0 Å². The summed E-state index contributed by atoms with van der Waals surface area (Å²) in [5.74, 6) is 1.99. The molecule has 2 aromatic heterocycles. The van der Waals surface area contributed by atoms with Crippen LogP contribution in [0.15, 0.2) is 30.7 Å². The minimum atomic E-state index is 0.767. The Balaban J connectivity index is 1.99. The van der Waals surface area contributed by atoms with Crippen LogP contribution in [-0.4, -0.2) is 14.5 Å². The van der Waals surface area contributed by atoms with Crippen LogP contribution in [-0.2, 0) is 13.0 Å². The second-order valence-corrected chi connectivity index (χ2v) is 4.58. The number of aryl methyl sites for hydroxylation is 1. The standard InChI is InChI=1S/C13H15N3/c1-10-4-5-13-15-12(9-16(13)8-10)11-3-2-6-14-7-11/h2-3,6-7,9-10H,4-5,8H2,1H3. The molecular formula is C13H15N3. The fraction of sp³-hybridized carbons (Fsp3) is 0.385. The van der Waals surface area contributed by atoms with Gasteiger partial charge in [-0.05, 0) is 24.5 Å². The van der Waals surface area contributed by atoms with Gasteiger partial charge in [0.25, 0.3) is 0 Å². The third-order valence-electron chi connectivity index (χ3n) is 3.19. The molecule has 82 valence electrons. The van der Waals surface area contributed by atoms with Gasteiger partial charge in [0.2, 0.25) is 0 Å². The van der Waals surface area contributed by atoms with Gasteiger partial charge in [-0.1, -0.05) is 6.92 Å². The van der Waals surface area contributed by atoms with Crippen molar-refractivity contribution in [2.24, 2.45) is 5.92 Å². The smallest absolute Gasteiger partial charge is 0.109 e. The maximum absolute atomic E-state index is 4.68. The monoisotopic (exact) mass is 213 g/mol. The average Bonchev–Trinajstić information content (AvgIpc) is 2.73. The van der Waals surface area contributed by atoms with Crippen molar-refractivity contribution < 1.29 is 0 Å². The van der Waals surface area contributed by atoms with Gasteiger partial charge in [-0.2, -0.15) is 0 Å². The fourth-order valence-corrected chi connectivity index (χ4v) is 2.27. The first-order chi connectivity index (χ1) is 7.83. The predicted molar refractivity (Wildman–Crippen MR) is 62.9 cm³/mol. The summed E-state index contributed by atoms with van der Waals surface area (Å²) < 4.78 is 2.29. The molecule has 0 spiro atoms. The Bertz CT molecular complexity index is 487. The first kappa shape index (κ1) is 9.58. The van der Waals surface area contributed by atoms with Crippen molar-refractivity contribution in [3.8, 4) is 11.3 Å². The number of pyridine rings is 1. The van der Waals surface area contributed by atoms with Crippen LogP contribution in [0.4, 0.5) is 0 Å². The number of hydrogen-bond acceptors (Lipinski definition) is 2. The number of nitrogens with zero attached hydrogens (tertiary/aromatic N) is 3. The Morgan fingerprint density at radius 2 is 2.38 bits per heavy atom. The molecule has 1 atom stereocenters. The van der Waals surface area contributed by atoms with Crippen LogP contribution < -0.4 is 0 Å². The van der Waals surface area contributed by atoms with E-state index in [9.17, 15) is 0 Å². The second kappa shape index (κ2) is 3.74. The van der Waals surface area contributed by atoms with E-state index in [-0.39, 0.29) is 0 Å². The fourth-order valence-electron chi connectivity index (χ4n) is 2.27. The Labute approximate surface area is 95.2 Å². The summed E-state index contributed by atoms with van der Waals surface area (Å²) in [6.45, 7) is 3.40. The van der Waals surface area contributed by atoms with Gasteiger partial charge >= 0.3 is 0 Å². The van der Waals surface area contributed by atoms with Gasteiger partial charge < -0.3 is 4.57 Å². The minimum absolute atomic E-state index is 0.767. The molecule has 0 aromatic carbocycles. The van der Waals surface area contributed by atoms with Gasteiger partial charge in [-0.25, -0.2) is 4.98 Å². The van der Waals surface area contributed by atoms with E-state index < -0.39 is 0 Å². The van der Waals surface area contributed by atoms with E-state index in [2.05, 4.69) is 33.7 Å². The van der Waals surface area contributed by atoms with Crippen LogP contribution in [0.5, 0.6) is 0 Å². The highest BCUT2D eigenvalue weighted by atomic mass is 15.1. The molecule has 1 unspecified atom stereocenters. The van der Waals surface area contributed by atoms with Crippen molar-refractivity contribution in [3.05, 3.63) is 36.5 Å². The summed E-state index contributed by atoms with van der Waals surface area (Å²) >= 11 is 0. The van der Waals surface area contributed by atoms with E-state index in [0.717, 1.165) is 30.1 Å². The maximum atomic E-state index is 4.68. The van der Waals surface area contributed by atoms with E-state index in [1.54, 1.807) is 6.20 Å². The Hall–Kier alpha value is -1.64. The van der Waals surface area contributed by atoms with E-state index in [1.807, 2.05) is 12.3 Å². The quantitative estimate of drug-likeness (QED) is 0.728. The van der Waals surface area contributed by atoms with Gasteiger partial charge in [0.05, 0.1) is 5.69 Å². The summed E-state index contributed by atoms with van der Waals surface area (Å²) in [5.41, 5.74) is 2.16. The zero-order valence-electron chi connectivity index (χ0n) is 9.43. The zero-order chi connectivity index (χ0) is 11.0. The molecule has 2 aromatic rings. The van der Waals surface area contributed by atoms with Crippen LogP contribution in [0.3, 0.4) is 0 Å². The second-order valence-electron chi connectivity index (χ2n) is 4.58. The van der Waals surface area contributed by atoms with Crippen LogP contribution in [0.25, 0.3) is 11.3 Å². The highest BCUT2D eigenvalue weighted by Gasteiger charge is 2.17. The Kier molecular flexibility index (Phi) is 2.24. The molecular weight excluding hydrogens is 198 g/mol. The molecule has 0 fully saturated rings. The minimum Gasteiger partial charge on any atom is -0.334 e. The third-order valence-corrected chi connectivity index (χ3v) is 3.19. The van der Waals surface area contributed by atoms with Crippen LogP contribution in [0.2, 0.25) is 0 Å². The number of aromatic nitrogens is 3. The van der Waals surface area contributed by atoms with E-state index in [4.69, 9.17) is 0 Å². The molecule has 0 saturated carbocycles. The predicted octanol–water partition coefficient (Wildman–Crippen LogP) is 2.53. The van der Waals surface area contributed by atoms with Gasteiger partial charge in [0.1, 0.15) is 5.82 Å². The lowest BCUT2D eigenvalue weighted by Crippen LogP contribution is -2.17. The van der Waals surface area contributed by atoms with Crippen LogP contribution >= 0.6 is 0 Å². The van der Waals surface area contributed by atoms with Gasteiger partial charge in [-0.15, -0.1) is 0 Å². The van der Waals surface area contributed by atoms with Crippen molar-refractivity contribution in [1.82, 2.24) is 14.5 Å². The number of hydrogen-bond donors (Lipinski definition) is 0. The molecule has 0 amide bonds. The van der Waals surface area contributed by atoms with Crippen molar-refractivity contribution in [3.63, 3.8) is 0 Å². The topological polar surface area (TPSA) is 30.7 Å². The molecule has 16 heavy (non-hydrogen) atoms. The lowest BCUT2D eigenvalue weighted by molar-refractivity contribution is 0.394. The highest BCUT2D eigenvalue weighted by Crippen LogP contribution is 2.23. The molecule has 0 saturated heterocycles. The van der Waals surface area contributed by atoms with Crippen LogP contribution in [0.1, 0.15) is 19.2 Å². The molecule has 0 aliphatic carbocycles. The summed E-state index contributed by atoms with van der Waals surface area (Å²) in [6.07, 6.45) is 8.17. The first-order valence-corrected chi connectivity index (χ1v) is 5.79. The summed E-state index contributed by atoms with van der Waals surface area (Å²) in [5, 5.41) is 0. The summed E-state index contributed by atoms with van der Waals surface area (Å²) in [7, 11) is 0. The maximum Gasteiger partial charge on any atom is 0.109 e. The number of imidazole rings is 1. The molecule has 0 radical (unpaired) electrons. The van der Waals surface area contributed by atoms with E-state index in [1.165, 1.54) is 12.2 Å². The molecule has 1 aliphatic heterocycles. The van der Waals surface area contributed by atoms with Crippen molar-refractivity contribution >= 4 is 0 Å². The first-order valence-electron chi connectivity index (χ1n) is 5.79. The molecule has 1 aliphatic rings. The van der Waals surface area contributed by atoms with Crippen LogP contribution in [0, 0.1) is 5.92 Å². The summed E-state index contributed by atoms with van der Waals surface area (Å²) in [4.78, 5) is 8.81. The largest absolute Gasteiger partial charge is 0.334 e. The SMILES string of the molecule is CC1CCc2nc(-c3cccnc3)cn2C1. The molecule has 3 heteroatoms. The Morgan fingerprint density at radius 1 is 1.44 bits per heavy atom. The highest BCUT2D eigenvalue weighted by molar-refractivity contribution is 5.57. The molecule has 3 nitrogen and oxygen atoms in total. The number of fused-ring (bicyclic) bond motifs is 1. The van der Waals surface area contributed by atoms with E-state index in [0.29, 0.717) is 0 Å².